The Kier molecular flexibility index (Phi) is 1.22. The SMILES string of the molecule is C1CS[S+]=N1. The Morgan fingerprint density at radius 1 is 1.80 bits per heavy atom. The van der Waals surface area contributed by atoms with Crippen molar-refractivity contribution in [1.29, 1.82) is 0 Å². The van der Waals surface area contributed by atoms with Crippen LogP contribution in [0.1, 0.15) is 0 Å². The molecule has 0 aromatic carbocycles. The predicted molar refractivity (Wildman–Crippen MR) is 27.1 cm³/mol. The Balaban J connectivity index is 2.32. The first-order valence-electron chi connectivity index (χ1n) is 1.45. The molecule has 0 aliphatic carbocycles. The molecule has 0 saturated carbocycles. The maximum atomic E-state index is 3.96. The molecule has 1 aliphatic heterocycles. The highest BCUT2D eigenvalue weighted by molar-refractivity contribution is 8.62. The average Bonchev–Trinajstić information content (AvgIpc) is 1.76. The quantitative estimate of drug-likeness (QED) is 0.330. The first-order valence-corrected chi connectivity index (χ1v) is 3.73. The van der Waals surface area contributed by atoms with Gasteiger partial charge in [0.25, 0.3) is 0 Å². The Morgan fingerprint density at radius 2 is 2.80 bits per heavy atom. The van der Waals surface area contributed by atoms with E-state index >= 15 is 0 Å². The maximum Gasteiger partial charge on any atom is 0.400 e. The summed E-state index contributed by atoms with van der Waals surface area (Å²) in [6, 6.07) is 0. The van der Waals surface area contributed by atoms with Gasteiger partial charge in [-0.3, -0.25) is 0 Å². The minimum atomic E-state index is 1.05. The van der Waals surface area contributed by atoms with E-state index in [2.05, 4.69) is 4.36 Å². The third kappa shape index (κ3) is 0.851. The van der Waals surface area contributed by atoms with Crippen LogP contribution in [0.25, 0.3) is 0 Å². The van der Waals surface area contributed by atoms with Gasteiger partial charge in [0.2, 0.25) is 10.8 Å². The molecule has 28 valence electrons. The standard InChI is InChI=1S/C2H4NS2/c1-2-4-5-3-1/h1-2H2/q+1. The third-order valence-electron chi connectivity index (χ3n) is 0.371. The van der Waals surface area contributed by atoms with Gasteiger partial charge in [-0.25, -0.2) is 0 Å². The molecule has 0 radical (unpaired) electrons. The van der Waals surface area contributed by atoms with Crippen molar-refractivity contribution in [3.8, 4) is 0 Å². The first-order chi connectivity index (χ1) is 2.50. The number of hydrogen-bond donors (Lipinski definition) is 0. The molecule has 0 unspecified atom stereocenters. The minimum absolute atomic E-state index is 1.05. The van der Waals surface area contributed by atoms with Crippen molar-refractivity contribution >= 4 is 21.4 Å². The lowest BCUT2D eigenvalue weighted by Crippen LogP contribution is -1.69. The van der Waals surface area contributed by atoms with Crippen molar-refractivity contribution in [2.75, 3.05) is 12.3 Å². The lowest BCUT2D eigenvalue weighted by Gasteiger charge is -1.53. The molecular formula is C2H4NS2+. The molecular weight excluding hydrogens is 102 g/mol. The molecule has 0 bridgehead atoms. The molecule has 0 atom stereocenters. The smallest absolute Gasteiger partial charge is 0.0102 e. The van der Waals surface area contributed by atoms with Gasteiger partial charge >= 0.3 is 10.6 Å². The van der Waals surface area contributed by atoms with Gasteiger partial charge in [-0.1, -0.05) is 0 Å². The van der Waals surface area contributed by atoms with Gasteiger partial charge < -0.3 is 0 Å². The Hall–Kier alpha value is 0.370. The van der Waals surface area contributed by atoms with E-state index in [1.807, 2.05) is 10.8 Å². The summed E-state index contributed by atoms with van der Waals surface area (Å²) in [7, 11) is 3.44. The molecule has 0 N–H and O–H groups in total. The van der Waals surface area contributed by atoms with E-state index in [1.54, 1.807) is 10.6 Å². The number of rotatable bonds is 0. The average molecular weight is 106 g/mol. The molecule has 3 heteroatoms. The van der Waals surface area contributed by atoms with Crippen LogP contribution >= 0.6 is 10.8 Å². The number of nitrogens with zero attached hydrogens (tertiary/aromatic N) is 1. The highest BCUT2D eigenvalue weighted by Gasteiger charge is 2.06. The predicted octanol–water partition coefficient (Wildman–Crippen LogP) is 0.914. The highest BCUT2D eigenvalue weighted by Crippen LogP contribution is 2.04. The summed E-state index contributed by atoms with van der Waals surface area (Å²) in [5.41, 5.74) is 0. The second-order valence-corrected chi connectivity index (χ2v) is 2.95. The van der Waals surface area contributed by atoms with E-state index in [0.717, 1.165) is 6.54 Å². The molecule has 1 rings (SSSR count). The zero-order valence-corrected chi connectivity index (χ0v) is 4.31. The van der Waals surface area contributed by atoms with Gasteiger partial charge in [0.1, 0.15) is 6.54 Å². The van der Waals surface area contributed by atoms with Gasteiger partial charge in [0.05, 0.1) is 5.75 Å². The summed E-state index contributed by atoms with van der Waals surface area (Å²) in [5.74, 6) is 1.21. The zero-order valence-electron chi connectivity index (χ0n) is 2.68. The summed E-state index contributed by atoms with van der Waals surface area (Å²) in [5, 5.41) is 0. The van der Waals surface area contributed by atoms with Crippen molar-refractivity contribution in [1.82, 2.24) is 0 Å². The normalized spacial score (nSPS) is 20.8. The lowest BCUT2D eigenvalue weighted by molar-refractivity contribution is 1.19. The highest BCUT2D eigenvalue weighted by atomic mass is 33.1. The molecule has 0 aromatic heterocycles. The zero-order chi connectivity index (χ0) is 3.54. The van der Waals surface area contributed by atoms with Gasteiger partial charge in [-0.2, -0.15) is 0 Å². The molecule has 5 heavy (non-hydrogen) atoms. The fourth-order valence-electron chi connectivity index (χ4n) is 0.186. The van der Waals surface area contributed by atoms with Gasteiger partial charge in [-0.05, 0) is 4.36 Å². The molecule has 1 aliphatic rings. The van der Waals surface area contributed by atoms with Crippen molar-refractivity contribution in [3.63, 3.8) is 0 Å². The van der Waals surface area contributed by atoms with E-state index in [4.69, 9.17) is 0 Å². The summed E-state index contributed by atoms with van der Waals surface area (Å²) < 4.78 is 3.96. The van der Waals surface area contributed by atoms with Crippen LogP contribution in [-0.4, -0.2) is 12.3 Å². The van der Waals surface area contributed by atoms with Crippen LogP contribution < -0.4 is 0 Å². The van der Waals surface area contributed by atoms with Crippen molar-refractivity contribution in [2.45, 2.75) is 0 Å². The van der Waals surface area contributed by atoms with Crippen molar-refractivity contribution in [3.05, 3.63) is 0 Å². The van der Waals surface area contributed by atoms with Crippen LogP contribution in [0.3, 0.4) is 0 Å². The van der Waals surface area contributed by atoms with Gasteiger partial charge in [0.15, 0.2) is 0 Å². The van der Waals surface area contributed by atoms with Crippen LogP contribution in [0.4, 0.5) is 0 Å². The minimum Gasteiger partial charge on any atom is -0.0102 e. The fourth-order valence-corrected chi connectivity index (χ4v) is 1.68. The summed E-state index contributed by atoms with van der Waals surface area (Å²) in [4.78, 5) is 0. The molecule has 0 saturated heterocycles. The lowest BCUT2D eigenvalue weighted by atomic mass is 10.8. The van der Waals surface area contributed by atoms with Crippen LogP contribution in [0, 0.1) is 0 Å². The Labute approximate surface area is 38.7 Å². The fraction of sp³-hybridized carbons (Fsp3) is 1.00. The van der Waals surface area contributed by atoms with Crippen LogP contribution in [0.5, 0.6) is 0 Å². The van der Waals surface area contributed by atoms with E-state index in [0.29, 0.717) is 0 Å². The molecule has 1 heterocycles. The van der Waals surface area contributed by atoms with E-state index in [-0.39, 0.29) is 0 Å². The Bertz CT molecular complexity index is 45.6. The van der Waals surface area contributed by atoms with Gasteiger partial charge in [0, 0.05) is 0 Å². The maximum absolute atomic E-state index is 3.96. The van der Waals surface area contributed by atoms with Crippen molar-refractivity contribution in [2.24, 2.45) is 4.36 Å². The van der Waals surface area contributed by atoms with Crippen molar-refractivity contribution < 1.29 is 0 Å². The summed E-state index contributed by atoms with van der Waals surface area (Å²) in [6.07, 6.45) is 0. The monoisotopic (exact) mass is 106 g/mol. The molecule has 0 aromatic rings. The second-order valence-electron chi connectivity index (χ2n) is 0.749. The Morgan fingerprint density at radius 3 is 3.00 bits per heavy atom. The molecule has 0 amide bonds. The second kappa shape index (κ2) is 1.72. The van der Waals surface area contributed by atoms with Crippen LogP contribution in [-0.2, 0) is 10.6 Å². The van der Waals surface area contributed by atoms with Crippen LogP contribution in [0.2, 0.25) is 0 Å². The van der Waals surface area contributed by atoms with E-state index < -0.39 is 0 Å². The van der Waals surface area contributed by atoms with E-state index in [1.165, 1.54) is 5.75 Å². The van der Waals surface area contributed by atoms with Crippen LogP contribution in [0.15, 0.2) is 4.36 Å². The molecule has 0 spiro atoms. The topological polar surface area (TPSA) is 12.4 Å². The first kappa shape index (κ1) is 3.56. The number of hydrogen-bond acceptors (Lipinski definition) is 2. The molecule has 0 fully saturated rings. The third-order valence-corrected chi connectivity index (χ3v) is 2.25. The summed E-state index contributed by atoms with van der Waals surface area (Å²) in [6.45, 7) is 1.05. The van der Waals surface area contributed by atoms with E-state index in [9.17, 15) is 0 Å². The molecule has 1 nitrogen and oxygen atoms in total. The summed E-state index contributed by atoms with van der Waals surface area (Å²) >= 11 is 0. The largest absolute Gasteiger partial charge is 0.400 e. The van der Waals surface area contributed by atoms with Gasteiger partial charge in [-0.15, -0.1) is 0 Å².